The molecule has 3 nitrogen and oxygen atoms in total. The zero-order valence-electron chi connectivity index (χ0n) is 12.3. The van der Waals surface area contributed by atoms with Gasteiger partial charge in [-0.25, -0.2) is 0 Å². The van der Waals surface area contributed by atoms with Gasteiger partial charge in [-0.3, -0.25) is 4.90 Å². The molecule has 0 aromatic heterocycles. The van der Waals surface area contributed by atoms with Gasteiger partial charge in [0.05, 0.1) is 19.8 Å². The van der Waals surface area contributed by atoms with Crippen molar-refractivity contribution in [3.05, 3.63) is 65.2 Å². The molecular weight excluding hydrogens is 262 g/mol. The molecule has 3 heteroatoms. The minimum absolute atomic E-state index is 0.0844. The van der Waals surface area contributed by atoms with Gasteiger partial charge in [0.1, 0.15) is 5.75 Å². The normalized spacial score (nSPS) is 18.3. The summed E-state index contributed by atoms with van der Waals surface area (Å²) in [5.41, 5.74) is 3.83. The molecule has 0 bridgehead atoms. The molecule has 2 aromatic rings. The zero-order valence-corrected chi connectivity index (χ0v) is 12.3. The third-order valence-electron chi connectivity index (χ3n) is 4.22. The number of hydrogen-bond acceptors (Lipinski definition) is 3. The second-order valence-corrected chi connectivity index (χ2v) is 5.47. The van der Waals surface area contributed by atoms with E-state index in [1.807, 2.05) is 12.1 Å². The lowest BCUT2D eigenvalue weighted by molar-refractivity contribution is 0.108. The van der Waals surface area contributed by atoms with Crippen LogP contribution in [0.25, 0.3) is 0 Å². The molecule has 0 amide bonds. The van der Waals surface area contributed by atoms with Crippen LogP contribution < -0.4 is 4.74 Å². The average molecular weight is 283 g/mol. The van der Waals surface area contributed by atoms with E-state index >= 15 is 0 Å². The maximum absolute atomic E-state index is 9.82. The fourth-order valence-corrected chi connectivity index (χ4v) is 3.11. The fraction of sp³-hybridized carbons (Fsp3) is 0.333. The molecule has 21 heavy (non-hydrogen) atoms. The van der Waals surface area contributed by atoms with Crippen LogP contribution in [0.2, 0.25) is 0 Å². The van der Waals surface area contributed by atoms with Crippen LogP contribution >= 0.6 is 0 Å². The Morgan fingerprint density at radius 1 is 1.19 bits per heavy atom. The Morgan fingerprint density at radius 2 is 2.05 bits per heavy atom. The van der Waals surface area contributed by atoms with Crippen molar-refractivity contribution in [1.29, 1.82) is 0 Å². The molecule has 1 N–H and O–H groups in total. The number of aliphatic hydroxyl groups excluding tert-OH is 1. The van der Waals surface area contributed by atoms with E-state index in [9.17, 15) is 5.11 Å². The monoisotopic (exact) mass is 283 g/mol. The van der Waals surface area contributed by atoms with Crippen molar-refractivity contribution in [3.8, 4) is 5.75 Å². The molecule has 0 aliphatic carbocycles. The minimum Gasteiger partial charge on any atom is -0.497 e. The highest BCUT2D eigenvalue weighted by Gasteiger charge is 2.26. The summed E-state index contributed by atoms with van der Waals surface area (Å²) in [7, 11) is 1.69. The Labute approximate surface area is 125 Å². The highest BCUT2D eigenvalue weighted by molar-refractivity contribution is 5.33. The van der Waals surface area contributed by atoms with Crippen LogP contribution in [0.1, 0.15) is 22.7 Å². The molecule has 1 heterocycles. The first kappa shape index (κ1) is 14.1. The van der Waals surface area contributed by atoms with E-state index in [-0.39, 0.29) is 12.6 Å². The van der Waals surface area contributed by atoms with E-state index < -0.39 is 0 Å². The van der Waals surface area contributed by atoms with Crippen molar-refractivity contribution in [2.24, 2.45) is 0 Å². The Balaban J connectivity index is 1.82. The molecule has 1 atom stereocenters. The average Bonchev–Trinajstić information content (AvgIpc) is 2.55. The largest absolute Gasteiger partial charge is 0.497 e. The number of fused-ring (bicyclic) bond motifs is 1. The molecule has 3 rings (SSSR count). The zero-order chi connectivity index (χ0) is 14.7. The van der Waals surface area contributed by atoms with E-state index in [0.29, 0.717) is 0 Å². The summed E-state index contributed by atoms with van der Waals surface area (Å²) in [6.45, 7) is 1.96. The Hall–Kier alpha value is -1.84. The van der Waals surface area contributed by atoms with Crippen LogP contribution in [0.15, 0.2) is 48.5 Å². The molecule has 0 saturated carbocycles. The van der Waals surface area contributed by atoms with Crippen LogP contribution in [0, 0.1) is 0 Å². The lowest BCUT2D eigenvalue weighted by Crippen LogP contribution is -2.36. The van der Waals surface area contributed by atoms with Crippen LogP contribution in [0.5, 0.6) is 5.75 Å². The molecule has 1 aliphatic heterocycles. The van der Waals surface area contributed by atoms with Crippen molar-refractivity contribution >= 4 is 0 Å². The third kappa shape index (κ3) is 2.94. The van der Waals surface area contributed by atoms with Crippen LogP contribution in [-0.2, 0) is 13.0 Å². The van der Waals surface area contributed by atoms with E-state index in [1.54, 1.807) is 7.11 Å². The van der Waals surface area contributed by atoms with Gasteiger partial charge >= 0.3 is 0 Å². The smallest absolute Gasteiger partial charge is 0.119 e. The van der Waals surface area contributed by atoms with E-state index in [1.165, 1.54) is 16.7 Å². The molecule has 0 saturated heterocycles. The standard InChI is InChI=1S/C18H21NO2/c1-21-16-7-4-5-14(11-16)12-19-10-9-15-6-2-3-8-17(15)18(19)13-20/h2-8,11,18,20H,9-10,12-13H2,1H3. The minimum atomic E-state index is 0.0844. The number of hydrogen-bond donors (Lipinski definition) is 1. The molecule has 1 unspecified atom stereocenters. The molecule has 0 spiro atoms. The first-order chi connectivity index (χ1) is 10.3. The second-order valence-electron chi connectivity index (χ2n) is 5.47. The third-order valence-corrected chi connectivity index (χ3v) is 4.22. The summed E-state index contributed by atoms with van der Waals surface area (Å²) in [6.07, 6.45) is 1.04. The van der Waals surface area contributed by atoms with Crippen molar-refractivity contribution in [1.82, 2.24) is 4.90 Å². The van der Waals surface area contributed by atoms with Gasteiger partial charge in [-0.05, 0) is 35.2 Å². The maximum Gasteiger partial charge on any atom is 0.119 e. The Kier molecular flexibility index (Phi) is 4.23. The lowest BCUT2D eigenvalue weighted by atomic mass is 9.92. The van der Waals surface area contributed by atoms with E-state index in [0.717, 1.165) is 25.3 Å². The number of ether oxygens (including phenoxy) is 1. The predicted octanol–water partition coefficient (Wildman–Crippen LogP) is 2.79. The van der Waals surface area contributed by atoms with Gasteiger partial charge in [-0.1, -0.05) is 36.4 Å². The maximum atomic E-state index is 9.82. The fourth-order valence-electron chi connectivity index (χ4n) is 3.11. The molecule has 0 radical (unpaired) electrons. The van der Waals surface area contributed by atoms with Crippen LogP contribution in [-0.4, -0.2) is 30.3 Å². The van der Waals surface area contributed by atoms with Crippen molar-refractivity contribution in [3.63, 3.8) is 0 Å². The summed E-state index contributed by atoms with van der Waals surface area (Å²) in [6, 6.07) is 16.7. The molecular formula is C18H21NO2. The second kappa shape index (κ2) is 6.29. The van der Waals surface area contributed by atoms with Gasteiger partial charge in [0.2, 0.25) is 0 Å². The molecule has 2 aromatic carbocycles. The summed E-state index contributed by atoms with van der Waals surface area (Å²) in [5.74, 6) is 0.880. The summed E-state index contributed by atoms with van der Waals surface area (Å²) < 4.78 is 5.29. The Bertz CT molecular complexity index is 612. The summed E-state index contributed by atoms with van der Waals surface area (Å²) in [4.78, 5) is 2.34. The van der Waals surface area contributed by atoms with Crippen molar-refractivity contribution in [2.45, 2.75) is 19.0 Å². The van der Waals surface area contributed by atoms with E-state index in [4.69, 9.17) is 4.74 Å². The SMILES string of the molecule is COc1cccc(CN2CCc3ccccc3C2CO)c1. The van der Waals surface area contributed by atoms with Gasteiger partial charge in [0.15, 0.2) is 0 Å². The predicted molar refractivity (Wildman–Crippen MR) is 83.4 cm³/mol. The first-order valence-corrected chi connectivity index (χ1v) is 7.37. The molecule has 0 fully saturated rings. The highest BCUT2D eigenvalue weighted by Crippen LogP contribution is 2.30. The topological polar surface area (TPSA) is 32.7 Å². The quantitative estimate of drug-likeness (QED) is 0.936. The van der Waals surface area contributed by atoms with Crippen LogP contribution in [0.3, 0.4) is 0 Å². The highest BCUT2D eigenvalue weighted by atomic mass is 16.5. The van der Waals surface area contributed by atoms with Gasteiger partial charge in [-0.2, -0.15) is 0 Å². The van der Waals surface area contributed by atoms with Crippen molar-refractivity contribution < 1.29 is 9.84 Å². The summed E-state index contributed by atoms with van der Waals surface area (Å²) >= 11 is 0. The molecule has 1 aliphatic rings. The van der Waals surface area contributed by atoms with Gasteiger partial charge in [-0.15, -0.1) is 0 Å². The Morgan fingerprint density at radius 3 is 2.86 bits per heavy atom. The number of nitrogens with zero attached hydrogens (tertiary/aromatic N) is 1. The van der Waals surface area contributed by atoms with Gasteiger partial charge < -0.3 is 9.84 Å². The number of methoxy groups -OCH3 is 1. The number of benzene rings is 2. The first-order valence-electron chi connectivity index (χ1n) is 7.37. The number of rotatable bonds is 4. The van der Waals surface area contributed by atoms with Crippen LogP contribution in [0.4, 0.5) is 0 Å². The van der Waals surface area contributed by atoms with Crippen molar-refractivity contribution in [2.75, 3.05) is 20.3 Å². The molecule has 110 valence electrons. The number of aliphatic hydroxyl groups is 1. The van der Waals surface area contributed by atoms with Gasteiger partial charge in [0, 0.05) is 13.1 Å². The summed E-state index contributed by atoms with van der Waals surface area (Å²) in [5, 5.41) is 9.82. The lowest BCUT2D eigenvalue weighted by Gasteiger charge is -2.36. The van der Waals surface area contributed by atoms with Gasteiger partial charge in [0.25, 0.3) is 0 Å². The van der Waals surface area contributed by atoms with E-state index in [2.05, 4.69) is 41.3 Å².